The minimum Gasteiger partial charge on any atom is -0.381 e. The standard InChI is InChI=1S/C13H20N2O2S/c1-15(2)9-11-5-3-4-6-13(11)14-12-7-8-18(16,17)10-12/h3-6,12,14H,7-10H2,1-2H3. The summed E-state index contributed by atoms with van der Waals surface area (Å²) in [5, 5.41) is 3.36. The highest BCUT2D eigenvalue weighted by atomic mass is 32.2. The van der Waals surface area contributed by atoms with Crippen LogP contribution in [0.2, 0.25) is 0 Å². The van der Waals surface area contributed by atoms with Crippen LogP contribution in [-0.4, -0.2) is 45.0 Å². The van der Waals surface area contributed by atoms with Gasteiger partial charge in [-0.25, -0.2) is 8.42 Å². The van der Waals surface area contributed by atoms with Crippen molar-refractivity contribution in [3.63, 3.8) is 0 Å². The summed E-state index contributed by atoms with van der Waals surface area (Å²) in [6.07, 6.45) is 0.707. The van der Waals surface area contributed by atoms with Gasteiger partial charge in [-0.05, 0) is 32.1 Å². The minimum absolute atomic E-state index is 0.0540. The summed E-state index contributed by atoms with van der Waals surface area (Å²) in [6.45, 7) is 0.850. The predicted octanol–water partition coefficient (Wildman–Crippen LogP) is 1.35. The largest absolute Gasteiger partial charge is 0.381 e. The molecule has 0 amide bonds. The number of nitrogens with one attached hydrogen (secondary N) is 1. The first-order valence-corrected chi connectivity index (χ1v) is 7.98. The Labute approximate surface area is 109 Å². The van der Waals surface area contributed by atoms with Gasteiger partial charge in [0.05, 0.1) is 11.5 Å². The normalized spacial score (nSPS) is 22.3. The third-order valence-electron chi connectivity index (χ3n) is 3.10. The van der Waals surface area contributed by atoms with Gasteiger partial charge in [-0.1, -0.05) is 18.2 Å². The Balaban J connectivity index is 2.09. The Hall–Kier alpha value is -1.07. The fourth-order valence-electron chi connectivity index (χ4n) is 2.27. The lowest BCUT2D eigenvalue weighted by Gasteiger charge is -2.18. The van der Waals surface area contributed by atoms with Gasteiger partial charge in [-0.15, -0.1) is 0 Å². The maximum Gasteiger partial charge on any atom is 0.152 e. The molecule has 0 aliphatic carbocycles. The predicted molar refractivity (Wildman–Crippen MR) is 74.5 cm³/mol. The van der Waals surface area contributed by atoms with Gasteiger partial charge in [0, 0.05) is 18.3 Å². The smallest absolute Gasteiger partial charge is 0.152 e. The van der Waals surface area contributed by atoms with Crippen LogP contribution in [0.25, 0.3) is 0 Å². The van der Waals surface area contributed by atoms with Crippen molar-refractivity contribution in [2.75, 3.05) is 30.9 Å². The molecule has 1 heterocycles. The van der Waals surface area contributed by atoms with E-state index in [4.69, 9.17) is 0 Å². The fraction of sp³-hybridized carbons (Fsp3) is 0.538. The lowest BCUT2D eigenvalue weighted by atomic mass is 10.1. The molecule has 1 saturated heterocycles. The molecule has 1 aliphatic heterocycles. The Morgan fingerprint density at radius 2 is 2.06 bits per heavy atom. The van der Waals surface area contributed by atoms with Gasteiger partial charge in [0.15, 0.2) is 9.84 Å². The van der Waals surface area contributed by atoms with Gasteiger partial charge in [0.2, 0.25) is 0 Å². The molecule has 0 bridgehead atoms. The van der Waals surface area contributed by atoms with Gasteiger partial charge in [0.1, 0.15) is 0 Å². The molecule has 0 spiro atoms. The number of rotatable bonds is 4. The molecular weight excluding hydrogens is 248 g/mol. The van der Waals surface area contributed by atoms with E-state index in [1.54, 1.807) is 0 Å². The van der Waals surface area contributed by atoms with Gasteiger partial charge in [-0.3, -0.25) is 0 Å². The second kappa shape index (κ2) is 5.28. The highest BCUT2D eigenvalue weighted by Gasteiger charge is 2.27. The van der Waals surface area contributed by atoms with Crippen molar-refractivity contribution >= 4 is 15.5 Å². The number of para-hydroxylation sites is 1. The number of anilines is 1. The summed E-state index contributed by atoms with van der Waals surface area (Å²) in [5.74, 6) is 0.559. The van der Waals surface area contributed by atoms with Crippen LogP contribution in [0.4, 0.5) is 5.69 Å². The van der Waals surface area contributed by atoms with E-state index in [1.807, 2.05) is 32.3 Å². The van der Waals surface area contributed by atoms with E-state index in [-0.39, 0.29) is 11.8 Å². The molecule has 1 unspecified atom stereocenters. The van der Waals surface area contributed by atoms with E-state index in [0.29, 0.717) is 12.2 Å². The topological polar surface area (TPSA) is 49.4 Å². The second-order valence-electron chi connectivity index (χ2n) is 5.14. The zero-order valence-electron chi connectivity index (χ0n) is 10.9. The summed E-state index contributed by atoms with van der Waals surface area (Å²) in [6, 6.07) is 8.13. The van der Waals surface area contributed by atoms with Crippen LogP contribution in [0.5, 0.6) is 0 Å². The van der Waals surface area contributed by atoms with Gasteiger partial charge in [0.25, 0.3) is 0 Å². The lowest BCUT2D eigenvalue weighted by molar-refractivity contribution is 0.403. The number of sulfone groups is 1. The number of hydrogen-bond donors (Lipinski definition) is 1. The van der Waals surface area contributed by atoms with E-state index < -0.39 is 9.84 Å². The van der Waals surface area contributed by atoms with Crippen LogP contribution >= 0.6 is 0 Å². The van der Waals surface area contributed by atoms with Gasteiger partial charge < -0.3 is 10.2 Å². The summed E-state index contributed by atoms with van der Waals surface area (Å²) in [7, 11) is 1.22. The second-order valence-corrected chi connectivity index (χ2v) is 7.37. The molecule has 4 nitrogen and oxygen atoms in total. The summed E-state index contributed by atoms with van der Waals surface area (Å²) in [5.41, 5.74) is 2.25. The van der Waals surface area contributed by atoms with Crippen LogP contribution in [0.3, 0.4) is 0 Å². The third kappa shape index (κ3) is 3.46. The number of hydrogen-bond acceptors (Lipinski definition) is 4. The van der Waals surface area contributed by atoms with E-state index in [9.17, 15) is 8.42 Å². The SMILES string of the molecule is CN(C)Cc1ccccc1NC1CCS(=O)(=O)C1. The molecule has 0 saturated carbocycles. The van der Waals surface area contributed by atoms with Crippen LogP contribution in [-0.2, 0) is 16.4 Å². The summed E-state index contributed by atoms with van der Waals surface area (Å²) < 4.78 is 22.9. The minimum atomic E-state index is -2.82. The highest BCUT2D eigenvalue weighted by Crippen LogP contribution is 2.21. The van der Waals surface area contributed by atoms with Crippen LogP contribution in [0.1, 0.15) is 12.0 Å². The third-order valence-corrected chi connectivity index (χ3v) is 4.86. The molecule has 1 aromatic rings. The Morgan fingerprint density at radius 1 is 1.33 bits per heavy atom. The molecule has 0 aromatic heterocycles. The first-order chi connectivity index (χ1) is 8.46. The van der Waals surface area contributed by atoms with Crippen LogP contribution < -0.4 is 5.32 Å². The zero-order chi connectivity index (χ0) is 13.2. The molecular formula is C13H20N2O2S. The summed E-state index contributed by atoms with van der Waals surface area (Å²) in [4.78, 5) is 2.10. The van der Waals surface area contributed by atoms with Crippen molar-refractivity contribution in [3.05, 3.63) is 29.8 Å². The quantitative estimate of drug-likeness (QED) is 0.895. The Kier molecular flexibility index (Phi) is 3.92. The molecule has 1 fully saturated rings. The molecule has 2 rings (SSSR count). The summed E-state index contributed by atoms with van der Waals surface area (Å²) >= 11 is 0. The van der Waals surface area contributed by atoms with Gasteiger partial charge >= 0.3 is 0 Å². The fourth-order valence-corrected chi connectivity index (χ4v) is 3.94. The molecule has 1 aromatic carbocycles. The van der Waals surface area contributed by atoms with Crippen molar-refractivity contribution in [1.29, 1.82) is 0 Å². The van der Waals surface area contributed by atoms with Crippen molar-refractivity contribution < 1.29 is 8.42 Å². The monoisotopic (exact) mass is 268 g/mol. The van der Waals surface area contributed by atoms with E-state index in [2.05, 4.69) is 16.3 Å². The van der Waals surface area contributed by atoms with Crippen LogP contribution in [0.15, 0.2) is 24.3 Å². The van der Waals surface area contributed by atoms with Crippen molar-refractivity contribution in [2.45, 2.75) is 19.0 Å². The first kappa shape index (κ1) is 13.4. The average molecular weight is 268 g/mol. The van der Waals surface area contributed by atoms with E-state index in [0.717, 1.165) is 12.2 Å². The van der Waals surface area contributed by atoms with Crippen molar-refractivity contribution in [1.82, 2.24) is 4.90 Å². The van der Waals surface area contributed by atoms with E-state index in [1.165, 1.54) is 5.56 Å². The molecule has 100 valence electrons. The number of benzene rings is 1. The van der Waals surface area contributed by atoms with Crippen molar-refractivity contribution in [3.8, 4) is 0 Å². The molecule has 18 heavy (non-hydrogen) atoms. The Bertz CT molecular complexity index is 511. The maximum atomic E-state index is 11.4. The maximum absolute atomic E-state index is 11.4. The molecule has 1 N–H and O–H groups in total. The van der Waals surface area contributed by atoms with Crippen molar-refractivity contribution in [2.24, 2.45) is 0 Å². The molecule has 1 atom stereocenters. The molecule has 5 heteroatoms. The van der Waals surface area contributed by atoms with Crippen LogP contribution in [0, 0.1) is 0 Å². The number of nitrogens with zero attached hydrogens (tertiary/aromatic N) is 1. The highest BCUT2D eigenvalue weighted by molar-refractivity contribution is 7.91. The zero-order valence-corrected chi connectivity index (χ0v) is 11.7. The Morgan fingerprint density at radius 3 is 2.67 bits per heavy atom. The van der Waals surface area contributed by atoms with Gasteiger partial charge in [-0.2, -0.15) is 0 Å². The van der Waals surface area contributed by atoms with E-state index >= 15 is 0 Å². The average Bonchev–Trinajstić information content (AvgIpc) is 2.60. The lowest BCUT2D eigenvalue weighted by Crippen LogP contribution is -2.22. The molecule has 1 aliphatic rings. The first-order valence-electron chi connectivity index (χ1n) is 6.16. The molecule has 0 radical (unpaired) electrons.